The summed E-state index contributed by atoms with van der Waals surface area (Å²) in [7, 11) is 1.54. The fourth-order valence-corrected chi connectivity index (χ4v) is 3.58. The van der Waals surface area contributed by atoms with Crippen LogP contribution in [0.1, 0.15) is 40.3 Å². The van der Waals surface area contributed by atoms with Crippen LogP contribution in [0.5, 0.6) is 5.75 Å². The molecule has 1 aromatic heterocycles. The smallest absolute Gasteiger partial charge is 0.257 e. The Labute approximate surface area is 192 Å². The molecular weight excluding hydrogens is 422 g/mol. The molecule has 8 nitrogen and oxygen atoms in total. The van der Waals surface area contributed by atoms with Crippen LogP contribution in [-0.2, 0) is 11.3 Å². The number of hydrogen-bond donors (Lipinski definition) is 2. The summed E-state index contributed by atoms with van der Waals surface area (Å²) in [6.45, 7) is 3.68. The summed E-state index contributed by atoms with van der Waals surface area (Å²) in [6, 6.07) is 15.8. The Morgan fingerprint density at radius 1 is 1.03 bits per heavy atom. The van der Waals surface area contributed by atoms with Gasteiger partial charge < -0.3 is 25.1 Å². The summed E-state index contributed by atoms with van der Waals surface area (Å²) < 4.78 is 10.5. The van der Waals surface area contributed by atoms with Crippen molar-refractivity contribution in [2.45, 2.75) is 26.4 Å². The molecule has 0 fully saturated rings. The molecule has 0 saturated heterocycles. The topological polar surface area (TPSA) is 115 Å². The van der Waals surface area contributed by atoms with Gasteiger partial charge in [-0.3, -0.25) is 14.4 Å². The highest BCUT2D eigenvalue weighted by Crippen LogP contribution is 2.24. The molecular formula is C25H27N3O5. The Bertz CT molecular complexity index is 1110. The van der Waals surface area contributed by atoms with E-state index >= 15 is 0 Å². The molecule has 0 saturated carbocycles. The van der Waals surface area contributed by atoms with Crippen LogP contribution in [-0.4, -0.2) is 35.8 Å². The van der Waals surface area contributed by atoms with Crippen molar-refractivity contribution in [1.29, 1.82) is 0 Å². The molecule has 3 rings (SSSR count). The predicted octanol–water partition coefficient (Wildman–Crippen LogP) is 3.69. The van der Waals surface area contributed by atoms with Crippen molar-refractivity contribution in [3.05, 3.63) is 83.8 Å². The number of benzene rings is 2. The highest BCUT2D eigenvalue weighted by atomic mass is 16.5. The van der Waals surface area contributed by atoms with Crippen molar-refractivity contribution in [2.24, 2.45) is 11.7 Å². The lowest BCUT2D eigenvalue weighted by Crippen LogP contribution is -2.50. The normalized spacial score (nSPS) is 11.6. The summed E-state index contributed by atoms with van der Waals surface area (Å²) in [5, 5.41) is 2.79. The average molecular weight is 450 g/mol. The number of methoxy groups -OCH3 is 1. The van der Waals surface area contributed by atoms with Gasteiger partial charge in [-0.25, -0.2) is 0 Å². The number of carbonyl (C=O) groups excluding carboxylic acids is 3. The van der Waals surface area contributed by atoms with Crippen molar-refractivity contribution in [3.8, 4) is 5.75 Å². The van der Waals surface area contributed by atoms with Crippen LogP contribution in [0.2, 0.25) is 0 Å². The van der Waals surface area contributed by atoms with Gasteiger partial charge in [0.2, 0.25) is 5.91 Å². The maximum Gasteiger partial charge on any atom is 0.257 e. The van der Waals surface area contributed by atoms with Crippen LogP contribution < -0.4 is 15.8 Å². The second-order valence-electron chi connectivity index (χ2n) is 7.83. The highest BCUT2D eigenvalue weighted by molar-refractivity contribution is 6.09. The van der Waals surface area contributed by atoms with E-state index in [2.05, 4.69) is 5.32 Å². The van der Waals surface area contributed by atoms with E-state index in [1.165, 1.54) is 11.2 Å². The number of carbonyl (C=O) groups is 3. The van der Waals surface area contributed by atoms with Crippen molar-refractivity contribution in [1.82, 2.24) is 4.90 Å². The molecule has 3 amide bonds. The van der Waals surface area contributed by atoms with Crippen molar-refractivity contribution >= 4 is 23.4 Å². The Balaban J connectivity index is 1.93. The Hall–Kier alpha value is -4.07. The summed E-state index contributed by atoms with van der Waals surface area (Å²) in [5.74, 6) is -0.552. The van der Waals surface area contributed by atoms with E-state index in [0.29, 0.717) is 22.8 Å². The van der Waals surface area contributed by atoms with Crippen LogP contribution >= 0.6 is 0 Å². The van der Waals surface area contributed by atoms with Gasteiger partial charge >= 0.3 is 0 Å². The zero-order valence-electron chi connectivity index (χ0n) is 18.8. The third kappa shape index (κ3) is 5.60. The number of ether oxygens (including phenoxy) is 1. The van der Waals surface area contributed by atoms with Gasteiger partial charge in [0.15, 0.2) is 0 Å². The molecule has 172 valence electrons. The molecule has 1 heterocycles. The van der Waals surface area contributed by atoms with Gasteiger partial charge in [0.05, 0.1) is 31.2 Å². The molecule has 3 N–H and O–H groups in total. The number of furan rings is 1. The number of primary amides is 1. The fraction of sp³-hybridized carbons (Fsp3) is 0.240. The molecule has 0 aliphatic heterocycles. The van der Waals surface area contributed by atoms with Crippen LogP contribution in [0, 0.1) is 5.92 Å². The molecule has 1 atom stereocenters. The van der Waals surface area contributed by atoms with Gasteiger partial charge in [-0.1, -0.05) is 26.0 Å². The van der Waals surface area contributed by atoms with E-state index in [0.717, 1.165) is 0 Å². The lowest BCUT2D eigenvalue weighted by Gasteiger charge is -2.32. The molecule has 0 aliphatic carbocycles. The second kappa shape index (κ2) is 10.5. The Morgan fingerprint density at radius 2 is 1.73 bits per heavy atom. The largest absolute Gasteiger partial charge is 0.497 e. The lowest BCUT2D eigenvalue weighted by atomic mass is 10.00. The first-order chi connectivity index (χ1) is 15.8. The third-order valence-electron chi connectivity index (χ3n) is 5.18. The number of rotatable bonds is 9. The number of nitrogens with zero attached hydrogens (tertiary/aromatic N) is 1. The molecule has 3 aromatic rings. The van der Waals surface area contributed by atoms with E-state index in [9.17, 15) is 14.4 Å². The van der Waals surface area contributed by atoms with E-state index < -0.39 is 17.9 Å². The number of hydrogen-bond acceptors (Lipinski definition) is 5. The highest BCUT2D eigenvalue weighted by Gasteiger charge is 2.33. The van der Waals surface area contributed by atoms with Crippen molar-refractivity contribution < 1.29 is 23.5 Å². The third-order valence-corrected chi connectivity index (χ3v) is 5.18. The molecule has 33 heavy (non-hydrogen) atoms. The fourth-order valence-electron chi connectivity index (χ4n) is 3.58. The number of para-hydroxylation sites is 1. The number of nitrogens with two attached hydrogens (primary N) is 1. The molecule has 0 bridgehead atoms. The summed E-state index contributed by atoms with van der Waals surface area (Å²) in [6.07, 6.45) is 1.50. The SMILES string of the molecule is COc1ccc(C(=O)Nc2ccccc2C(=O)N(Cc2ccco2)[C@H](C(N)=O)C(C)C)cc1. The first-order valence-electron chi connectivity index (χ1n) is 10.5. The van der Waals surface area contributed by atoms with Crippen LogP contribution in [0.15, 0.2) is 71.3 Å². The first kappa shape index (κ1) is 23.6. The zero-order valence-corrected chi connectivity index (χ0v) is 18.8. The number of amides is 3. The Morgan fingerprint density at radius 3 is 2.30 bits per heavy atom. The molecule has 0 spiro atoms. The van der Waals surface area contributed by atoms with Crippen LogP contribution in [0.25, 0.3) is 0 Å². The average Bonchev–Trinajstić information content (AvgIpc) is 3.31. The minimum absolute atomic E-state index is 0.0539. The van der Waals surface area contributed by atoms with Gasteiger partial charge in [-0.2, -0.15) is 0 Å². The minimum Gasteiger partial charge on any atom is -0.497 e. The van der Waals surface area contributed by atoms with E-state index in [1.807, 2.05) is 13.8 Å². The van der Waals surface area contributed by atoms with Gasteiger partial charge in [-0.05, 0) is 54.4 Å². The van der Waals surface area contributed by atoms with Gasteiger partial charge in [-0.15, -0.1) is 0 Å². The van der Waals surface area contributed by atoms with Crippen LogP contribution in [0.3, 0.4) is 0 Å². The molecule has 2 aromatic carbocycles. The van der Waals surface area contributed by atoms with Gasteiger partial charge in [0, 0.05) is 5.56 Å². The molecule has 0 radical (unpaired) electrons. The predicted molar refractivity (Wildman–Crippen MR) is 124 cm³/mol. The van der Waals surface area contributed by atoms with Crippen LogP contribution in [0.4, 0.5) is 5.69 Å². The minimum atomic E-state index is -0.868. The van der Waals surface area contributed by atoms with Gasteiger partial charge in [0.1, 0.15) is 17.6 Å². The zero-order chi connectivity index (χ0) is 24.0. The first-order valence-corrected chi connectivity index (χ1v) is 10.5. The Kier molecular flexibility index (Phi) is 7.50. The summed E-state index contributed by atoms with van der Waals surface area (Å²) in [4.78, 5) is 40.1. The maximum atomic E-state index is 13.7. The number of anilines is 1. The van der Waals surface area contributed by atoms with E-state index in [1.54, 1.807) is 67.8 Å². The standard InChI is InChI=1S/C25H27N3O5/c1-16(2)22(23(26)29)28(15-19-7-6-14-33-19)25(31)20-8-4-5-9-21(20)27-24(30)17-10-12-18(32-3)13-11-17/h4-14,16,22H,15H2,1-3H3,(H2,26,29)(H,27,30)/t22-/m0/s1. The van der Waals surface area contributed by atoms with E-state index in [-0.39, 0.29) is 23.9 Å². The second-order valence-corrected chi connectivity index (χ2v) is 7.83. The number of nitrogens with one attached hydrogen (secondary N) is 1. The quantitative estimate of drug-likeness (QED) is 0.517. The maximum absolute atomic E-state index is 13.7. The van der Waals surface area contributed by atoms with Crippen molar-refractivity contribution in [3.63, 3.8) is 0 Å². The molecule has 0 unspecified atom stereocenters. The van der Waals surface area contributed by atoms with Crippen molar-refractivity contribution in [2.75, 3.05) is 12.4 Å². The molecule has 0 aliphatic rings. The van der Waals surface area contributed by atoms with Gasteiger partial charge in [0.25, 0.3) is 11.8 Å². The summed E-state index contributed by atoms with van der Waals surface area (Å²) in [5.41, 5.74) is 6.62. The molecule has 8 heteroatoms. The van der Waals surface area contributed by atoms with E-state index in [4.69, 9.17) is 14.9 Å². The monoisotopic (exact) mass is 449 g/mol. The summed E-state index contributed by atoms with van der Waals surface area (Å²) >= 11 is 0. The lowest BCUT2D eigenvalue weighted by molar-refractivity contribution is -0.124.